The van der Waals surface area contributed by atoms with Crippen LogP contribution in [0.1, 0.15) is 45.7 Å². The Hall–Kier alpha value is -0.870. The summed E-state index contributed by atoms with van der Waals surface area (Å²) in [4.78, 5) is 0. The van der Waals surface area contributed by atoms with Crippen molar-refractivity contribution in [2.45, 2.75) is 51.6 Å². The zero-order chi connectivity index (χ0) is 15.2. The molecule has 1 rings (SSSR count). The van der Waals surface area contributed by atoms with Gasteiger partial charge in [-0.25, -0.2) is 0 Å². The molecule has 0 saturated carbocycles. The standard InChI is InChI=1S/C14H20ClF2NO/c1-12(2,3)9-6-8(18)7-10(11(9)15)14(16,17)13(4,5)19/h6-7,19H,18H2,1-5H3. The van der Waals surface area contributed by atoms with Crippen molar-refractivity contribution in [2.24, 2.45) is 0 Å². The maximum atomic E-state index is 14.3. The lowest BCUT2D eigenvalue weighted by atomic mass is 9.83. The van der Waals surface area contributed by atoms with Crippen molar-refractivity contribution < 1.29 is 13.9 Å². The average molecular weight is 292 g/mol. The molecule has 0 atom stereocenters. The van der Waals surface area contributed by atoms with Gasteiger partial charge in [0.05, 0.1) is 5.02 Å². The van der Waals surface area contributed by atoms with Crippen LogP contribution < -0.4 is 5.73 Å². The fourth-order valence-electron chi connectivity index (χ4n) is 1.75. The lowest BCUT2D eigenvalue weighted by Crippen LogP contribution is -2.40. The Kier molecular flexibility index (Phi) is 3.92. The Morgan fingerprint density at radius 2 is 1.47 bits per heavy atom. The molecule has 0 spiro atoms. The van der Waals surface area contributed by atoms with E-state index in [0.29, 0.717) is 5.56 Å². The third-order valence-electron chi connectivity index (χ3n) is 3.01. The van der Waals surface area contributed by atoms with Gasteiger partial charge >= 0.3 is 5.92 Å². The van der Waals surface area contributed by atoms with Crippen molar-refractivity contribution in [1.29, 1.82) is 0 Å². The summed E-state index contributed by atoms with van der Waals surface area (Å²) in [6.07, 6.45) is 0. The molecular formula is C14H20ClF2NO. The summed E-state index contributed by atoms with van der Waals surface area (Å²) < 4.78 is 28.6. The minimum atomic E-state index is -3.49. The van der Waals surface area contributed by atoms with Gasteiger partial charge in [0.1, 0.15) is 5.60 Å². The van der Waals surface area contributed by atoms with Crippen LogP contribution in [0.25, 0.3) is 0 Å². The topological polar surface area (TPSA) is 46.2 Å². The average Bonchev–Trinajstić information content (AvgIpc) is 2.17. The van der Waals surface area contributed by atoms with E-state index >= 15 is 0 Å². The third-order valence-corrected chi connectivity index (χ3v) is 3.42. The van der Waals surface area contributed by atoms with Gasteiger partial charge in [-0.2, -0.15) is 8.78 Å². The number of halogens is 3. The molecule has 2 nitrogen and oxygen atoms in total. The van der Waals surface area contributed by atoms with Gasteiger partial charge in [-0.1, -0.05) is 32.4 Å². The second-order valence-electron chi connectivity index (χ2n) is 6.31. The zero-order valence-corrected chi connectivity index (χ0v) is 12.6. The van der Waals surface area contributed by atoms with Gasteiger partial charge < -0.3 is 10.8 Å². The fourth-order valence-corrected chi connectivity index (χ4v) is 2.26. The summed E-state index contributed by atoms with van der Waals surface area (Å²) in [5.74, 6) is -3.49. The molecule has 0 aliphatic heterocycles. The molecule has 5 heteroatoms. The van der Waals surface area contributed by atoms with Gasteiger partial charge in [-0.3, -0.25) is 0 Å². The summed E-state index contributed by atoms with van der Waals surface area (Å²) in [5, 5.41) is 9.61. The lowest BCUT2D eigenvalue weighted by molar-refractivity contribution is -0.168. The highest BCUT2D eigenvalue weighted by molar-refractivity contribution is 6.32. The molecule has 0 amide bonds. The highest BCUT2D eigenvalue weighted by Crippen LogP contribution is 2.45. The summed E-state index contributed by atoms with van der Waals surface area (Å²) >= 11 is 6.11. The maximum absolute atomic E-state index is 14.3. The molecule has 0 aromatic heterocycles. The lowest BCUT2D eigenvalue weighted by Gasteiger charge is -2.32. The number of benzene rings is 1. The number of nitrogens with two attached hydrogens (primary N) is 1. The van der Waals surface area contributed by atoms with E-state index in [1.54, 1.807) is 6.07 Å². The van der Waals surface area contributed by atoms with Gasteiger partial charge in [0.15, 0.2) is 0 Å². The predicted octanol–water partition coefficient (Wildman–Crippen LogP) is 4.08. The number of rotatable bonds is 2. The van der Waals surface area contributed by atoms with E-state index in [1.165, 1.54) is 0 Å². The van der Waals surface area contributed by atoms with Crippen molar-refractivity contribution in [3.63, 3.8) is 0 Å². The molecule has 0 aliphatic carbocycles. The second-order valence-corrected chi connectivity index (χ2v) is 6.69. The summed E-state index contributed by atoms with van der Waals surface area (Å²) in [6, 6.07) is 2.71. The SMILES string of the molecule is CC(C)(C)c1cc(N)cc(C(F)(F)C(C)(C)O)c1Cl. The van der Waals surface area contributed by atoms with Crippen molar-refractivity contribution in [1.82, 2.24) is 0 Å². The predicted molar refractivity (Wildman–Crippen MR) is 74.8 cm³/mol. The minimum Gasteiger partial charge on any atom is -0.399 e. The smallest absolute Gasteiger partial charge is 0.302 e. The van der Waals surface area contributed by atoms with E-state index in [0.717, 1.165) is 19.9 Å². The first-order valence-corrected chi connectivity index (χ1v) is 6.36. The third kappa shape index (κ3) is 3.00. The Labute approximate surface area is 117 Å². The Morgan fingerprint density at radius 1 is 1.05 bits per heavy atom. The molecule has 0 aliphatic rings. The van der Waals surface area contributed by atoms with Crippen molar-refractivity contribution in [2.75, 3.05) is 5.73 Å². The molecule has 0 fully saturated rings. The number of alkyl halides is 2. The number of nitrogen functional groups attached to an aromatic ring is 1. The van der Waals surface area contributed by atoms with Gasteiger partial charge in [0.25, 0.3) is 0 Å². The molecule has 0 heterocycles. The van der Waals surface area contributed by atoms with Crippen LogP contribution in [0.4, 0.5) is 14.5 Å². The number of anilines is 1. The quantitative estimate of drug-likeness (QED) is 0.807. The molecular weight excluding hydrogens is 272 g/mol. The van der Waals surface area contributed by atoms with Gasteiger partial charge in [0, 0.05) is 11.3 Å². The largest absolute Gasteiger partial charge is 0.399 e. The van der Waals surface area contributed by atoms with Crippen LogP contribution in [-0.2, 0) is 11.3 Å². The first kappa shape index (κ1) is 16.2. The van der Waals surface area contributed by atoms with Crippen molar-refractivity contribution in [3.8, 4) is 0 Å². The molecule has 0 unspecified atom stereocenters. The van der Waals surface area contributed by atoms with Gasteiger partial charge in [0.2, 0.25) is 0 Å². The molecule has 108 valence electrons. The van der Waals surface area contributed by atoms with Crippen LogP contribution in [0.3, 0.4) is 0 Å². The molecule has 0 saturated heterocycles. The molecule has 1 aromatic rings. The van der Waals surface area contributed by atoms with E-state index in [4.69, 9.17) is 17.3 Å². The highest BCUT2D eigenvalue weighted by atomic mass is 35.5. The summed E-state index contributed by atoms with van der Waals surface area (Å²) in [5.41, 5.74) is 3.35. The molecule has 3 N–H and O–H groups in total. The second kappa shape index (κ2) is 4.60. The molecule has 0 radical (unpaired) electrons. The maximum Gasteiger partial charge on any atom is 0.302 e. The molecule has 1 aromatic carbocycles. The van der Waals surface area contributed by atoms with E-state index in [9.17, 15) is 13.9 Å². The van der Waals surface area contributed by atoms with Crippen LogP contribution in [0.2, 0.25) is 5.02 Å². The zero-order valence-electron chi connectivity index (χ0n) is 11.8. The Balaban J connectivity index is 3.60. The molecule has 0 bridgehead atoms. The first-order chi connectivity index (χ1) is 8.28. The van der Waals surface area contributed by atoms with Crippen LogP contribution in [0, 0.1) is 0 Å². The van der Waals surface area contributed by atoms with E-state index < -0.39 is 22.5 Å². The van der Waals surface area contributed by atoms with Gasteiger partial charge in [-0.05, 0) is 37.0 Å². The monoisotopic (exact) mass is 291 g/mol. The van der Waals surface area contributed by atoms with Crippen molar-refractivity contribution >= 4 is 17.3 Å². The first-order valence-electron chi connectivity index (χ1n) is 5.98. The fraction of sp³-hybridized carbons (Fsp3) is 0.571. The molecule has 19 heavy (non-hydrogen) atoms. The Bertz CT molecular complexity index is 487. The van der Waals surface area contributed by atoms with Crippen molar-refractivity contribution in [3.05, 3.63) is 28.3 Å². The highest BCUT2D eigenvalue weighted by Gasteiger charge is 2.49. The number of hydrogen-bond acceptors (Lipinski definition) is 2. The number of aliphatic hydroxyl groups is 1. The Morgan fingerprint density at radius 3 is 1.84 bits per heavy atom. The van der Waals surface area contributed by atoms with E-state index in [1.807, 2.05) is 20.8 Å². The van der Waals surface area contributed by atoms with E-state index in [2.05, 4.69) is 0 Å². The van der Waals surface area contributed by atoms with Gasteiger partial charge in [-0.15, -0.1) is 0 Å². The minimum absolute atomic E-state index is 0.0474. The normalized spacial score (nSPS) is 13.7. The van der Waals surface area contributed by atoms with Crippen LogP contribution in [0.5, 0.6) is 0 Å². The number of hydrogen-bond donors (Lipinski definition) is 2. The summed E-state index contributed by atoms with van der Waals surface area (Å²) in [6.45, 7) is 7.67. The van der Waals surface area contributed by atoms with E-state index in [-0.39, 0.29) is 10.7 Å². The van der Waals surface area contributed by atoms with Crippen LogP contribution in [-0.4, -0.2) is 10.7 Å². The van der Waals surface area contributed by atoms with Crippen LogP contribution in [0.15, 0.2) is 12.1 Å². The van der Waals surface area contributed by atoms with Crippen LogP contribution >= 0.6 is 11.6 Å². The summed E-state index contributed by atoms with van der Waals surface area (Å²) in [7, 11) is 0.